The van der Waals surface area contributed by atoms with Crippen molar-refractivity contribution in [2.75, 3.05) is 0 Å². The summed E-state index contributed by atoms with van der Waals surface area (Å²) in [5, 5.41) is 18.2. The van der Waals surface area contributed by atoms with Gasteiger partial charge in [0.05, 0.1) is 22.7 Å². The summed E-state index contributed by atoms with van der Waals surface area (Å²) in [7, 11) is 0. The van der Waals surface area contributed by atoms with E-state index < -0.39 is 5.82 Å². The van der Waals surface area contributed by atoms with E-state index in [1.165, 1.54) is 12.3 Å². The Morgan fingerprint density at radius 2 is 2.24 bits per heavy atom. The van der Waals surface area contributed by atoms with Crippen LogP contribution in [-0.2, 0) is 0 Å². The van der Waals surface area contributed by atoms with E-state index in [9.17, 15) is 9.50 Å². The molecule has 0 aliphatic rings. The predicted octanol–water partition coefficient (Wildman–Crippen LogP) is 2.54. The molecule has 0 radical (unpaired) electrons. The molecule has 3 aromatic rings. The van der Waals surface area contributed by atoms with E-state index in [2.05, 4.69) is 16.1 Å². The summed E-state index contributed by atoms with van der Waals surface area (Å²) in [4.78, 5) is 0. The molecule has 0 bridgehead atoms. The molecule has 2 aromatic carbocycles. The van der Waals surface area contributed by atoms with Gasteiger partial charge in [-0.15, -0.1) is 6.42 Å². The minimum atomic E-state index is -0.516. The summed E-state index contributed by atoms with van der Waals surface area (Å²) in [5.74, 6) is 1.71. The molecule has 0 atom stereocenters. The van der Waals surface area contributed by atoms with Gasteiger partial charge in [0.15, 0.2) is 0 Å². The summed E-state index contributed by atoms with van der Waals surface area (Å²) in [5.41, 5.74) is 0.757. The largest absolute Gasteiger partial charge is 0.506 e. The van der Waals surface area contributed by atoms with Crippen LogP contribution in [0, 0.1) is 18.2 Å². The van der Waals surface area contributed by atoms with Gasteiger partial charge in [-0.1, -0.05) is 12.0 Å². The van der Waals surface area contributed by atoms with Gasteiger partial charge in [-0.25, -0.2) is 4.39 Å². The normalized spacial score (nSPS) is 10.8. The third-order valence-corrected chi connectivity index (χ3v) is 2.79. The zero-order valence-corrected chi connectivity index (χ0v) is 8.66. The van der Waals surface area contributed by atoms with Crippen LogP contribution in [0.5, 0.6) is 5.75 Å². The van der Waals surface area contributed by atoms with Crippen molar-refractivity contribution in [3.8, 4) is 18.1 Å². The number of aromatic amines is 1. The number of aromatic nitrogens is 2. The van der Waals surface area contributed by atoms with Crippen molar-refractivity contribution < 1.29 is 9.50 Å². The smallest absolute Gasteiger partial charge is 0.139 e. The number of phenolic OH excluding ortho intramolecular Hbond substituents is 1. The topological polar surface area (TPSA) is 48.9 Å². The number of benzene rings is 2. The van der Waals surface area contributed by atoms with Crippen LogP contribution >= 0.6 is 0 Å². The van der Waals surface area contributed by atoms with Crippen molar-refractivity contribution in [3.05, 3.63) is 35.8 Å². The van der Waals surface area contributed by atoms with Crippen molar-refractivity contribution in [2.45, 2.75) is 0 Å². The summed E-state index contributed by atoms with van der Waals surface area (Å²) in [6.07, 6.45) is 6.76. The molecule has 0 aliphatic heterocycles. The van der Waals surface area contributed by atoms with Gasteiger partial charge in [0.25, 0.3) is 0 Å². The number of hydrogen-bond acceptors (Lipinski definition) is 2. The van der Waals surface area contributed by atoms with Crippen LogP contribution in [0.3, 0.4) is 0 Å². The second kappa shape index (κ2) is 3.22. The average molecular weight is 226 g/mol. The summed E-state index contributed by atoms with van der Waals surface area (Å²) in [6, 6.07) is 4.64. The standard InChI is InChI=1S/C13H7FN2O/c1-2-8-10(14)4-3-7-5-11-9(6-15-16-11)13(17)12(7)8/h1,3-6,17H,(H,15,16). The molecule has 0 saturated carbocycles. The Kier molecular flexibility index (Phi) is 1.83. The number of nitrogens with one attached hydrogen (secondary N) is 1. The van der Waals surface area contributed by atoms with Crippen LogP contribution in [0.25, 0.3) is 21.7 Å². The van der Waals surface area contributed by atoms with Crippen LogP contribution < -0.4 is 0 Å². The molecule has 1 aromatic heterocycles. The molecule has 3 nitrogen and oxygen atoms in total. The minimum absolute atomic E-state index is 0.0429. The second-order valence-corrected chi connectivity index (χ2v) is 3.72. The van der Waals surface area contributed by atoms with E-state index in [-0.39, 0.29) is 11.3 Å². The maximum Gasteiger partial charge on any atom is 0.139 e. The molecule has 17 heavy (non-hydrogen) atoms. The molecule has 1 heterocycles. The number of rotatable bonds is 0. The Morgan fingerprint density at radius 3 is 3.00 bits per heavy atom. The zero-order chi connectivity index (χ0) is 12.0. The summed E-state index contributed by atoms with van der Waals surface area (Å²) in [6.45, 7) is 0. The SMILES string of the molecule is C#Cc1c(F)ccc2cc3[nH]ncc3c(O)c12. The molecule has 0 fully saturated rings. The van der Waals surface area contributed by atoms with Crippen LogP contribution in [-0.4, -0.2) is 15.3 Å². The average Bonchev–Trinajstić information content (AvgIpc) is 2.78. The Labute approximate surface area is 95.9 Å². The second-order valence-electron chi connectivity index (χ2n) is 3.72. The van der Waals surface area contributed by atoms with Gasteiger partial charge in [0.2, 0.25) is 0 Å². The number of aromatic hydroxyl groups is 1. The lowest BCUT2D eigenvalue weighted by Crippen LogP contribution is -1.87. The molecule has 0 amide bonds. The van der Waals surface area contributed by atoms with Gasteiger partial charge in [0, 0.05) is 5.39 Å². The Balaban J connectivity index is 2.64. The van der Waals surface area contributed by atoms with Gasteiger partial charge in [-0.3, -0.25) is 5.10 Å². The predicted molar refractivity (Wildman–Crippen MR) is 63.2 cm³/mol. The van der Waals surface area contributed by atoms with Crippen molar-refractivity contribution in [1.29, 1.82) is 0 Å². The molecule has 4 heteroatoms. The Hall–Kier alpha value is -2.54. The highest BCUT2D eigenvalue weighted by Gasteiger charge is 2.13. The molecule has 82 valence electrons. The van der Waals surface area contributed by atoms with E-state index in [0.717, 1.165) is 0 Å². The monoisotopic (exact) mass is 226 g/mol. The number of H-pyrrole nitrogens is 1. The highest BCUT2D eigenvalue weighted by Crippen LogP contribution is 2.35. The molecule has 0 unspecified atom stereocenters. The highest BCUT2D eigenvalue weighted by atomic mass is 19.1. The van der Waals surface area contributed by atoms with Crippen molar-refractivity contribution in [2.24, 2.45) is 0 Å². The Morgan fingerprint density at radius 1 is 1.41 bits per heavy atom. The zero-order valence-electron chi connectivity index (χ0n) is 8.66. The quantitative estimate of drug-likeness (QED) is 0.579. The van der Waals surface area contributed by atoms with Crippen LogP contribution in [0.4, 0.5) is 4.39 Å². The lowest BCUT2D eigenvalue weighted by atomic mass is 10.0. The van der Waals surface area contributed by atoms with E-state index in [1.807, 2.05) is 0 Å². The van der Waals surface area contributed by atoms with Crippen molar-refractivity contribution in [1.82, 2.24) is 10.2 Å². The fraction of sp³-hybridized carbons (Fsp3) is 0. The number of fused-ring (bicyclic) bond motifs is 2. The maximum atomic E-state index is 13.5. The molecule has 0 spiro atoms. The number of nitrogens with zero attached hydrogens (tertiary/aromatic N) is 1. The molecular weight excluding hydrogens is 219 g/mol. The van der Waals surface area contributed by atoms with Crippen molar-refractivity contribution in [3.63, 3.8) is 0 Å². The van der Waals surface area contributed by atoms with E-state index in [1.54, 1.807) is 12.1 Å². The van der Waals surface area contributed by atoms with Gasteiger partial charge >= 0.3 is 0 Å². The number of hydrogen-bond donors (Lipinski definition) is 2. The number of phenols is 1. The Bertz CT molecular complexity index is 783. The molecule has 0 aliphatic carbocycles. The van der Waals surface area contributed by atoms with Crippen LogP contribution in [0.2, 0.25) is 0 Å². The molecule has 3 rings (SSSR count). The fourth-order valence-corrected chi connectivity index (χ4v) is 1.99. The minimum Gasteiger partial charge on any atom is -0.506 e. The molecular formula is C13H7FN2O. The first-order valence-corrected chi connectivity index (χ1v) is 4.96. The third-order valence-electron chi connectivity index (χ3n) is 2.79. The first-order chi connectivity index (χ1) is 8.22. The van der Waals surface area contributed by atoms with E-state index >= 15 is 0 Å². The summed E-state index contributed by atoms with van der Waals surface area (Å²) < 4.78 is 13.5. The third kappa shape index (κ3) is 1.20. The number of halogens is 1. The first-order valence-electron chi connectivity index (χ1n) is 4.96. The van der Waals surface area contributed by atoms with Gasteiger partial charge in [-0.2, -0.15) is 5.10 Å². The molecule has 0 saturated heterocycles. The van der Waals surface area contributed by atoms with E-state index in [0.29, 0.717) is 21.7 Å². The highest BCUT2D eigenvalue weighted by molar-refractivity contribution is 6.05. The number of terminal acetylenes is 1. The molecule has 2 N–H and O–H groups in total. The van der Waals surface area contributed by atoms with E-state index in [4.69, 9.17) is 6.42 Å². The van der Waals surface area contributed by atoms with Crippen LogP contribution in [0.15, 0.2) is 24.4 Å². The van der Waals surface area contributed by atoms with Crippen molar-refractivity contribution >= 4 is 21.7 Å². The first kappa shape index (κ1) is 9.67. The fourth-order valence-electron chi connectivity index (χ4n) is 1.99. The lowest BCUT2D eigenvalue weighted by Gasteiger charge is -2.06. The maximum absolute atomic E-state index is 13.5. The van der Waals surface area contributed by atoms with Gasteiger partial charge in [-0.05, 0) is 17.5 Å². The van der Waals surface area contributed by atoms with Gasteiger partial charge < -0.3 is 5.11 Å². The van der Waals surface area contributed by atoms with Crippen LogP contribution in [0.1, 0.15) is 5.56 Å². The summed E-state index contributed by atoms with van der Waals surface area (Å²) >= 11 is 0. The lowest BCUT2D eigenvalue weighted by molar-refractivity contribution is 0.487. The van der Waals surface area contributed by atoms with Gasteiger partial charge in [0.1, 0.15) is 11.6 Å².